The maximum absolute atomic E-state index is 12.1. The molecule has 1 saturated heterocycles. The van der Waals surface area contributed by atoms with Crippen LogP contribution in [-0.4, -0.2) is 35.0 Å². The van der Waals surface area contributed by atoms with Gasteiger partial charge in [0.1, 0.15) is 5.65 Å². The Labute approximate surface area is 129 Å². The van der Waals surface area contributed by atoms with E-state index in [0.717, 1.165) is 61.2 Å². The van der Waals surface area contributed by atoms with Crippen LogP contribution < -0.4 is 16.0 Å². The predicted molar refractivity (Wildman–Crippen MR) is 86.9 cm³/mol. The molecule has 1 saturated carbocycles. The van der Waals surface area contributed by atoms with Crippen LogP contribution >= 0.6 is 0 Å². The molecule has 3 heterocycles. The summed E-state index contributed by atoms with van der Waals surface area (Å²) in [6.07, 6.45) is 7.81. The maximum atomic E-state index is 12.1. The highest BCUT2D eigenvalue weighted by Gasteiger charge is 2.30. The lowest BCUT2D eigenvalue weighted by atomic mass is 10.1. The number of hydrogen-bond donors (Lipinski definition) is 3. The Morgan fingerprint density at radius 1 is 1.41 bits per heavy atom. The van der Waals surface area contributed by atoms with Crippen LogP contribution in [0.5, 0.6) is 0 Å². The van der Waals surface area contributed by atoms with Crippen LogP contribution in [0.25, 0.3) is 11.0 Å². The van der Waals surface area contributed by atoms with Crippen molar-refractivity contribution in [1.29, 1.82) is 0 Å². The van der Waals surface area contributed by atoms with Crippen molar-refractivity contribution in [2.45, 2.75) is 31.7 Å². The number of carbonyl (C=O) groups is 1. The largest absolute Gasteiger partial charge is 0.369 e. The number of nitrogens with two attached hydrogens (primary N) is 1. The number of hydrogen-bond acceptors (Lipinski definition) is 4. The molecule has 1 aliphatic carbocycles. The third kappa shape index (κ3) is 2.43. The number of nitrogens with one attached hydrogen (secondary N) is 2. The van der Waals surface area contributed by atoms with Crippen LogP contribution in [0.3, 0.4) is 0 Å². The molecule has 1 atom stereocenters. The smallest absolute Gasteiger partial charge is 0.227 e. The molecule has 6 heteroatoms. The second-order valence-electron chi connectivity index (χ2n) is 6.37. The quantitative estimate of drug-likeness (QED) is 0.807. The van der Waals surface area contributed by atoms with E-state index in [0.29, 0.717) is 0 Å². The second-order valence-corrected chi connectivity index (χ2v) is 6.37. The van der Waals surface area contributed by atoms with E-state index < -0.39 is 0 Å². The molecular weight excluding hydrogens is 278 g/mol. The zero-order valence-corrected chi connectivity index (χ0v) is 12.5. The molecule has 1 unspecified atom stereocenters. The third-order valence-corrected chi connectivity index (χ3v) is 4.56. The average molecular weight is 299 g/mol. The van der Waals surface area contributed by atoms with Crippen molar-refractivity contribution >= 4 is 28.3 Å². The van der Waals surface area contributed by atoms with E-state index >= 15 is 0 Å². The molecule has 22 heavy (non-hydrogen) atoms. The highest BCUT2D eigenvalue weighted by molar-refractivity contribution is 6.07. The molecule has 1 amide bonds. The number of fused-ring (bicyclic) bond motifs is 1. The van der Waals surface area contributed by atoms with Crippen molar-refractivity contribution in [3.8, 4) is 0 Å². The second kappa shape index (κ2) is 5.28. The van der Waals surface area contributed by atoms with E-state index in [2.05, 4.69) is 20.2 Å². The zero-order valence-electron chi connectivity index (χ0n) is 12.5. The Morgan fingerprint density at radius 2 is 2.27 bits per heavy atom. The van der Waals surface area contributed by atoms with Gasteiger partial charge < -0.3 is 20.9 Å². The summed E-state index contributed by atoms with van der Waals surface area (Å²) < 4.78 is 0. The van der Waals surface area contributed by atoms with Crippen molar-refractivity contribution in [1.82, 2.24) is 9.97 Å². The summed E-state index contributed by atoms with van der Waals surface area (Å²) in [7, 11) is 0. The summed E-state index contributed by atoms with van der Waals surface area (Å²) in [5.74, 6) is 0.305. The first-order valence-corrected chi connectivity index (χ1v) is 8.00. The van der Waals surface area contributed by atoms with Crippen molar-refractivity contribution in [2.75, 3.05) is 23.3 Å². The lowest BCUT2D eigenvalue weighted by Crippen LogP contribution is -2.42. The molecule has 0 bridgehead atoms. The van der Waals surface area contributed by atoms with Gasteiger partial charge in [0, 0.05) is 37.4 Å². The first kappa shape index (κ1) is 13.6. The number of rotatable bonds is 3. The van der Waals surface area contributed by atoms with Gasteiger partial charge in [-0.1, -0.05) is 0 Å². The third-order valence-electron chi connectivity index (χ3n) is 4.56. The molecule has 2 aromatic rings. The fourth-order valence-electron chi connectivity index (χ4n) is 3.21. The van der Waals surface area contributed by atoms with Crippen molar-refractivity contribution in [3.05, 3.63) is 18.5 Å². The van der Waals surface area contributed by atoms with Gasteiger partial charge in [-0.05, 0) is 31.7 Å². The van der Waals surface area contributed by atoms with Gasteiger partial charge in [0.15, 0.2) is 0 Å². The van der Waals surface area contributed by atoms with Crippen molar-refractivity contribution in [3.63, 3.8) is 0 Å². The lowest BCUT2D eigenvalue weighted by Gasteiger charge is -2.33. The Balaban J connectivity index is 1.70. The molecular formula is C16H21N5O. The number of pyridine rings is 1. The molecule has 0 radical (unpaired) electrons. The Hall–Kier alpha value is -2.08. The fraction of sp³-hybridized carbons (Fsp3) is 0.500. The van der Waals surface area contributed by atoms with Gasteiger partial charge >= 0.3 is 0 Å². The lowest BCUT2D eigenvalue weighted by molar-refractivity contribution is -0.117. The van der Waals surface area contributed by atoms with Gasteiger partial charge in [-0.3, -0.25) is 4.79 Å². The number of H-pyrrole nitrogens is 1. The van der Waals surface area contributed by atoms with Crippen LogP contribution in [0.1, 0.15) is 25.7 Å². The summed E-state index contributed by atoms with van der Waals surface area (Å²) in [5.41, 5.74) is 8.85. The summed E-state index contributed by atoms with van der Waals surface area (Å²) >= 11 is 0. The van der Waals surface area contributed by atoms with E-state index in [9.17, 15) is 4.79 Å². The predicted octanol–water partition coefficient (Wildman–Crippen LogP) is 1.84. The molecule has 4 rings (SSSR count). The normalized spacial score (nSPS) is 22.0. The van der Waals surface area contributed by atoms with Crippen LogP contribution in [0, 0.1) is 5.92 Å². The molecule has 2 fully saturated rings. The minimum Gasteiger partial charge on any atom is -0.369 e. The minimum absolute atomic E-state index is 0.117. The molecule has 6 nitrogen and oxygen atoms in total. The van der Waals surface area contributed by atoms with Gasteiger partial charge in [0.25, 0.3) is 0 Å². The zero-order chi connectivity index (χ0) is 15.1. The number of piperidine rings is 1. The first-order valence-electron chi connectivity index (χ1n) is 8.00. The highest BCUT2D eigenvalue weighted by atomic mass is 16.2. The highest BCUT2D eigenvalue weighted by Crippen LogP contribution is 2.35. The fourth-order valence-corrected chi connectivity index (χ4v) is 3.21. The Kier molecular flexibility index (Phi) is 3.26. The number of aromatic amines is 1. The maximum Gasteiger partial charge on any atom is 0.227 e. The van der Waals surface area contributed by atoms with E-state index in [4.69, 9.17) is 5.73 Å². The molecule has 1 aliphatic heterocycles. The topological polar surface area (TPSA) is 87.0 Å². The van der Waals surface area contributed by atoms with Crippen LogP contribution in [0.4, 0.5) is 11.4 Å². The summed E-state index contributed by atoms with van der Waals surface area (Å²) in [4.78, 5) is 21.9. The number of anilines is 2. The first-order chi connectivity index (χ1) is 10.7. The van der Waals surface area contributed by atoms with Gasteiger partial charge in [0.2, 0.25) is 5.91 Å². The van der Waals surface area contributed by atoms with Gasteiger partial charge in [-0.2, -0.15) is 0 Å². The summed E-state index contributed by atoms with van der Waals surface area (Å²) in [6.45, 7) is 1.84. The minimum atomic E-state index is 0.117. The van der Waals surface area contributed by atoms with Gasteiger partial charge in [0.05, 0.1) is 16.8 Å². The number of aromatic nitrogens is 2. The van der Waals surface area contributed by atoms with E-state index in [1.54, 1.807) is 6.20 Å². The van der Waals surface area contributed by atoms with Crippen LogP contribution in [-0.2, 0) is 4.79 Å². The van der Waals surface area contributed by atoms with E-state index in [1.165, 1.54) is 0 Å². The standard InChI is InChI=1S/C16H21N5O/c17-11-2-1-7-21(9-11)13-5-6-18-15-14(13)12(8-19-15)20-16(22)10-3-4-10/h5-6,8,10-11H,1-4,7,9,17H2,(H,18,19)(H,20,22). The van der Waals surface area contributed by atoms with Crippen LogP contribution in [0.2, 0.25) is 0 Å². The van der Waals surface area contributed by atoms with Gasteiger partial charge in [-0.15, -0.1) is 0 Å². The van der Waals surface area contributed by atoms with E-state index in [1.807, 2.05) is 12.3 Å². The molecule has 116 valence electrons. The average Bonchev–Trinajstić information content (AvgIpc) is 3.30. The van der Waals surface area contributed by atoms with E-state index in [-0.39, 0.29) is 17.9 Å². The van der Waals surface area contributed by atoms with Crippen molar-refractivity contribution in [2.24, 2.45) is 11.7 Å². The molecule has 2 aromatic heterocycles. The molecule has 4 N–H and O–H groups in total. The van der Waals surface area contributed by atoms with Gasteiger partial charge in [-0.25, -0.2) is 4.98 Å². The summed E-state index contributed by atoms with van der Waals surface area (Å²) in [6, 6.07) is 2.22. The Bertz CT molecular complexity index is 706. The summed E-state index contributed by atoms with van der Waals surface area (Å²) in [5, 5.41) is 4.04. The monoisotopic (exact) mass is 299 g/mol. The Morgan fingerprint density at radius 3 is 3.05 bits per heavy atom. The number of amides is 1. The molecule has 0 aromatic carbocycles. The van der Waals surface area contributed by atoms with Crippen molar-refractivity contribution < 1.29 is 4.79 Å². The molecule has 0 spiro atoms. The number of carbonyl (C=O) groups excluding carboxylic acids is 1. The number of nitrogens with zero attached hydrogens (tertiary/aromatic N) is 2. The SMILES string of the molecule is NC1CCCN(c2ccnc3[nH]cc(NC(=O)C4CC4)c23)C1. The molecule has 2 aliphatic rings. The van der Waals surface area contributed by atoms with Crippen LogP contribution in [0.15, 0.2) is 18.5 Å².